The second-order valence-electron chi connectivity index (χ2n) is 7.13. The van der Waals surface area contributed by atoms with Gasteiger partial charge in [-0.3, -0.25) is 4.79 Å². The third-order valence-electron chi connectivity index (χ3n) is 5.63. The molecule has 2 aliphatic heterocycles. The molecular formula is C22H21NO5. The number of allylic oxidation sites excluding steroid dienone is 2. The number of methoxy groups -OCH3 is 2. The number of ether oxygens (including phenoxy) is 4. The Morgan fingerprint density at radius 2 is 1.79 bits per heavy atom. The van der Waals surface area contributed by atoms with Crippen LogP contribution in [0.3, 0.4) is 0 Å². The third kappa shape index (κ3) is 2.52. The highest BCUT2D eigenvalue weighted by Crippen LogP contribution is 2.50. The maximum atomic E-state index is 12.9. The second kappa shape index (κ2) is 6.48. The Kier molecular flexibility index (Phi) is 3.93. The van der Waals surface area contributed by atoms with E-state index in [9.17, 15) is 4.79 Å². The van der Waals surface area contributed by atoms with Gasteiger partial charge >= 0.3 is 0 Å². The predicted octanol–water partition coefficient (Wildman–Crippen LogP) is 4.00. The second-order valence-corrected chi connectivity index (χ2v) is 7.13. The van der Waals surface area contributed by atoms with Crippen LogP contribution in [0.2, 0.25) is 0 Å². The Morgan fingerprint density at radius 1 is 1.00 bits per heavy atom. The average molecular weight is 379 g/mol. The predicted molar refractivity (Wildman–Crippen MR) is 103 cm³/mol. The van der Waals surface area contributed by atoms with Gasteiger partial charge in [-0.1, -0.05) is 6.07 Å². The number of hydrogen-bond donors (Lipinski definition) is 1. The van der Waals surface area contributed by atoms with Gasteiger partial charge in [-0.2, -0.15) is 0 Å². The molecule has 2 heterocycles. The molecule has 0 saturated carbocycles. The first kappa shape index (κ1) is 17.0. The van der Waals surface area contributed by atoms with Crippen molar-refractivity contribution in [3.05, 3.63) is 52.7 Å². The van der Waals surface area contributed by atoms with Crippen molar-refractivity contribution in [1.82, 2.24) is 0 Å². The van der Waals surface area contributed by atoms with E-state index in [1.165, 1.54) is 0 Å². The molecule has 0 bridgehead atoms. The summed E-state index contributed by atoms with van der Waals surface area (Å²) in [5, 5.41) is 3.48. The lowest BCUT2D eigenvalue weighted by atomic mass is 9.75. The number of nitrogens with one attached hydrogen (secondary N) is 1. The number of ketones is 1. The lowest BCUT2D eigenvalue weighted by molar-refractivity contribution is -0.116. The highest BCUT2D eigenvalue weighted by molar-refractivity contribution is 6.01. The van der Waals surface area contributed by atoms with E-state index in [2.05, 4.69) is 5.32 Å². The Bertz CT molecular complexity index is 1010. The molecule has 1 N–H and O–H groups in total. The molecule has 5 rings (SSSR count). The van der Waals surface area contributed by atoms with Crippen LogP contribution in [0.5, 0.6) is 23.0 Å². The number of carbonyl (C=O) groups excluding carboxylic acids is 1. The van der Waals surface area contributed by atoms with Gasteiger partial charge in [-0.25, -0.2) is 0 Å². The summed E-state index contributed by atoms with van der Waals surface area (Å²) in [7, 11) is 3.23. The Balaban J connectivity index is 1.72. The van der Waals surface area contributed by atoms with E-state index >= 15 is 0 Å². The van der Waals surface area contributed by atoms with Gasteiger partial charge in [-0.15, -0.1) is 0 Å². The van der Waals surface area contributed by atoms with E-state index in [1.807, 2.05) is 30.3 Å². The van der Waals surface area contributed by atoms with Crippen LogP contribution in [0.25, 0.3) is 0 Å². The summed E-state index contributed by atoms with van der Waals surface area (Å²) >= 11 is 0. The van der Waals surface area contributed by atoms with Gasteiger partial charge in [0.2, 0.25) is 6.79 Å². The maximum Gasteiger partial charge on any atom is 0.231 e. The van der Waals surface area contributed by atoms with Crippen LogP contribution in [-0.2, 0) is 4.79 Å². The smallest absolute Gasteiger partial charge is 0.231 e. The molecule has 1 aliphatic carbocycles. The van der Waals surface area contributed by atoms with Gasteiger partial charge in [0.15, 0.2) is 28.8 Å². The van der Waals surface area contributed by atoms with Gasteiger partial charge in [0.05, 0.1) is 14.2 Å². The summed E-state index contributed by atoms with van der Waals surface area (Å²) in [6.45, 7) is 0.214. The van der Waals surface area contributed by atoms with Crippen molar-refractivity contribution in [2.45, 2.75) is 25.2 Å². The molecule has 0 fully saturated rings. The Morgan fingerprint density at radius 3 is 2.57 bits per heavy atom. The molecule has 1 atom stereocenters. The molecule has 0 aromatic heterocycles. The van der Waals surface area contributed by atoms with E-state index < -0.39 is 0 Å². The minimum atomic E-state index is -0.187. The first-order valence-corrected chi connectivity index (χ1v) is 9.38. The number of rotatable bonds is 3. The molecule has 28 heavy (non-hydrogen) atoms. The number of benzene rings is 2. The molecule has 6 nitrogen and oxygen atoms in total. The zero-order chi connectivity index (χ0) is 19.3. The summed E-state index contributed by atoms with van der Waals surface area (Å²) in [5.74, 6) is 2.74. The first-order valence-electron chi connectivity index (χ1n) is 9.38. The maximum absolute atomic E-state index is 12.9. The third-order valence-corrected chi connectivity index (χ3v) is 5.63. The summed E-state index contributed by atoms with van der Waals surface area (Å²) < 4.78 is 22.0. The highest BCUT2D eigenvalue weighted by atomic mass is 16.7. The number of hydrogen-bond acceptors (Lipinski definition) is 6. The van der Waals surface area contributed by atoms with Crippen molar-refractivity contribution in [2.24, 2.45) is 0 Å². The SMILES string of the molecule is COc1ccc([C@H]2C3=C(CCCC3=O)Nc3cc4c(cc32)OCO4)cc1OC. The van der Waals surface area contributed by atoms with Crippen LogP contribution in [0, 0.1) is 0 Å². The van der Waals surface area contributed by atoms with Crippen LogP contribution in [-0.4, -0.2) is 26.8 Å². The van der Waals surface area contributed by atoms with Gasteiger partial charge in [0, 0.05) is 35.4 Å². The first-order chi connectivity index (χ1) is 13.7. The zero-order valence-corrected chi connectivity index (χ0v) is 15.8. The molecule has 144 valence electrons. The number of Topliss-reactive ketones (excluding diaryl/α,β-unsaturated/α-hetero) is 1. The lowest BCUT2D eigenvalue weighted by Crippen LogP contribution is -2.26. The summed E-state index contributed by atoms with van der Waals surface area (Å²) in [4.78, 5) is 12.9. The van der Waals surface area contributed by atoms with Crippen molar-refractivity contribution in [1.29, 1.82) is 0 Å². The molecule has 3 aliphatic rings. The molecular weight excluding hydrogens is 358 g/mol. The van der Waals surface area contributed by atoms with Crippen molar-refractivity contribution in [3.63, 3.8) is 0 Å². The van der Waals surface area contributed by atoms with Gasteiger partial charge in [0.25, 0.3) is 0 Å². The van der Waals surface area contributed by atoms with Gasteiger partial charge < -0.3 is 24.3 Å². The zero-order valence-electron chi connectivity index (χ0n) is 15.8. The normalized spacial score (nSPS) is 19.6. The van der Waals surface area contributed by atoms with E-state index in [4.69, 9.17) is 18.9 Å². The van der Waals surface area contributed by atoms with Crippen molar-refractivity contribution in [2.75, 3.05) is 26.3 Å². The monoisotopic (exact) mass is 379 g/mol. The number of anilines is 1. The fourth-order valence-corrected chi connectivity index (χ4v) is 4.33. The van der Waals surface area contributed by atoms with Crippen LogP contribution < -0.4 is 24.3 Å². The Labute approximate surface area is 163 Å². The molecule has 2 aromatic carbocycles. The van der Waals surface area contributed by atoms with Gasteiger partial charge in [0.1, 0.15) is 0 Å². The van der Waals surface area contributed by atoms with Crippen LogP contribution >= 0.6 is 0 Å². The summed E-state index contributed by atoms with van der Waals surface area (Å²) in [6.07, 6.45) is 2.30. The topological polar surface area (TPSA) is 66.0 Å². The summed E-state index contributed by atoms with van der Waals surface area (Å²) in [6, 6.07) is 9.79. The number of carbonyl (C=O) groups is 1. The average Bonchev–Trinajstić information content (AvgIpc) is 3.17. The van der Waals surface area contributed by atoms with E-state index in [-0.39, 0.29) is 18.5 Å². The van der Waals surface area contributed by atoms with E-state index in [0.29, 0.717) is 23.7 Å². The van der Waals surface area contributed by atoms with Crippen molar-refractivity contribution >= 4 is 11.5 Å². The standard InChI is InChI=1S/C22H21NO5/c1-25-17-7-6-12(8-18(17)26-2)21-13-9-19-20(28-11-27-19)10-15(13)23-14-4-3-5-16(24)22(14)21/h6-10,21,23H,3-5,11H2,1-2H3/t21-/m1/s1. The molecule has 0 spiro atoms. The van der Waals surface area contributed by atoms with Gasteiger partial charge in [-0.05, 0) is 42.2 Å². The minimum absolute atomic E-state index is 0.187. The van der Waals surface area contributed by atoms with Crippen molar-refractivity contribution in [3.8, 4) is 23.0 Å². The highest BCUT2D eigenvalue weighted by Gasteiger charge is 2.36. The molecule has 0 amide bonds. The lowest BCUT2D eigenvalue weighted by Gasteiger charge is -2.34. The van der Waals surface area contributed by atoms with E-state index in [0.717, 1.165) is 46.7 Å². The minimum Gasteiger partial charge on any atom is -0.493 e. The van der Waals surface area contributed by atoms with Crippen LogP contribution in [0.1, 0.15) is 36.3 Å². The van der Waals surface area contributed by atoms with E-state index in [1.54, 1.807) is 14.2 Å². The quantitative estimate of drug-likeness (QED) is 0.870. The fraction of sp³-hybridized carbons (Fsp3) is 0.318. The summed E-state index contributed by atoms with van der Waals surface area (Å²) in [5.41, 5.74) is 4.79. The Hall–Kier alpha value is -3.15. The van der Waals surface area contributed by atoms with Crippen LogP contribution in [0.4, 0.5) is 5.69 Å². The molecule has 0 radical (unpaired) electrons. The molecule has 6 heteroatoms. The van der Waals surface area contributed by atoms with Crippen LogP contribution in [0.15, 0.2) is 41.6 Å². The fourth-order valence-electron chi connectivity index (χ4n) is 4.33. The largest absolute Gasteiger partial charge is 0.493 e. The molecule has 0 unspecified atom stereocenters. The molecule has 2 aromatic rings. The molecule has 0 saturated heterocycles. The van der Waals surface area contributed by atoms with Crippen molar-refractivity contribution < 1.29 is 23.7 Å². The number of fused-ring (bicyclic) bond motifs is 2.